The van der Waals surface area contributed by atoms with Gasteiger partial charge in [0, 0.05) is 12.6 Å². The van der Waals surface area contributed by atoms with Gasteiger partial charge in [0.1, 0.15) is 0 Å². The highest BCUT2D eigenvalue weighted by molar-refractivity contribution is 5.03. The van der Waals surface area contributed by atoms with E-state index in [0.29, 0.717) is 17.4 Å². The lowest BCUT2D eigenvalue weighted by Crippen LogP contribution is -2.60. The van der Waals surface area contributed by atoms with Crippen LogP contribution in [0.3, 0.4) is 0 Å². The van der Waals surface area contributed by atoms with E-state index < -0.39 is 0 Å². The van der Waals surface area contributed by atoms with E-state index in [1.54, 1.807) is 0 Å². The van der Waals surface area contributed by atoms with Gasteiger partial charge in [-0.2, -0.15) is 0 Å². The Kier molecular flexibility index (Phi) is 5.14. The molecule has 0 aromatic rings. The summed E-state index contributed by atoms with van der Waals surface area (Å²) in [5.74, 6) is 0.672. The summed E-state index contributed by atoms with van der Waals surface area (Å²) in [4.78, 5) is 2.60. The van der Waals surface area contributed by atoms with E-state index in [0.717, 1.165) is 6.54 Å². The number of aliphatic hydroxyl groups excluding tert-OH is 1. The largest absolute Gasteiger partial charge is 0.394 e. The van der Waals surface area contributed by atoms with Crippen molar-refractivity contribution < 1.29 is 5.11 Å². The SMILES string of the molecule is CC(C)NC(CO)(CN1CCCC(C)(C)CC1)C1CC1. The Labute approximate surface area is 125 Å². The molecule has 118 valence electrons. The highest BCUT2D eigenvalue weighted by Gasteiger charge is 2.46. The van der Waals surface area contributed by atoms with Crippen LogP contribution >= 0.6 is 0 Å². The molecule has 1 saturated carbocycles. The monoisotopic (exact) mass is 282 g/mol. The summed E-state index contributed by atoms with van der Waals surface area (Å²) in [6, 6.07) is 0.436. The maximum Gasteiger partial charge on any atom is 0.0628 e. The molecule has 1 aliphatic carbocycles. The molecular formula is C17H34N2O. The molecule has 2 fully saturated rings. The van der Waals surface area contributed by atoms with Crippen LogP contribution in [0.4, 0.5) is 0 Å². The smallest absolute Gasteiger partial charge is 0.0628 e. The summed E-state index contributed by atoms with van der Waals surface area (Å²) < 4.78 is 0. The van der Waals surface area contributed by atoms with Crippen molar-refractivity contribution in [1.29, 1.82) is 0 Å². The van der Waals surface area contributed by atoms with Crippen LogP contribution in [0.25, 0.3) is 0 Å². The number of hydrogen-bond acceptors (Lipinski definition) is 3. The summed E-state index contributed by atoms with van der Waals surface area (Å²) in [5, 5.41) is 13.8. The van der Waals surface area contributed by atoms with Gasteiger partial charge in [0.25, 0.3) is 0 Å². The van der Waals surface area contributed by atoms with Crippen LogP contribution in [-0.2, 0) is 0 Å². The normalized spacial score (nSPS) is 27.3. The molecule has 3 heteroatoms. The molecule has 0 aromatic heterocycles. The molecule has 1 unspecified atom stereocenters. The summed E-state index contributed by atoms with van der Waals surface area (Å²) in [6.07, 6.45) is 6.46. The van der Waals surface area contributed by atoms with Gasteiger partial charge in [-0.1, -0.05) is 27.7 Å². The van der Waals surface area contributed by atoms with Crippen molar-refractivity contribution >= 4 is 0 Å². The van der Waals surface area contributed by atoms with Gasteiger partial charge in [-0.3, -0.25) is 0 Å². The van der Waals surface area contributed by atoms with Crippen molar-refractivity contribution in [3.8, 4) is 0 Å². The second-order valence-corrected chi connectivity index (χ2v) is 8.18. The standard InChI is InChI=1S/C17H34N2O/c1-14(2)18-17(13-20,15-6-7-15)12-19-10-5-8-16(3,4)9-11-19/h14-15,18,20H,5-13H2,1-4H3. The zero-order chi connectivity index (χ0) is 14.8. The second-order valence-electron chi connectivity index (χ2n) is 8.18. The Morgan fingerprint density at radius 2 is 1.95 bits per heavy atom. The third kappa shape index (κ3) is 4.19. The molecular weight excluding hydrogens is 248 g/mol. The molecule has 0 spiro atoms. The maximum absolute atomic E-state index is 10.1. The fourth-order valence-corrected chi connectivity index (χ4v) is 3.76. The van der Waals surface area contributed by atoms with Crippen molar-refractivity contribution in [2.45, 2.75) is 71.4 Å². The Morgan fingerprint density at radius 3 is 2.50 bits per heavy atom. The zero-order valence-corrected chi connectivity index (χ0v) is 13.9. The minimum atomic E-state index is -0.0668. The molecule has 1 saturated heterocycles. The number of nitrogens with one attached hydrogen (secondary N) is 1. The van der Waals surface area contributed by atoms with E-state index in [2.05, 4.69) is 37.9 Å². The Morgan fingerprint density at radius 1 is 1.25 bits per heavy atom. The Balaban J connectivity index is 2.00. The molecule has 0 amide bonds. The van der Waals surface area contributed by atoms with Gasteiger partial charge in [0.15, 0.2) is 0 Å². The summed E-state index contributed by atoms with van der Waals surface area (Å²) >= 11 is 0. The molecule has 0 radical (unpaired) electrons. The van der Waals surface area contributed by atoms with Crippen molar-refractivity contribution in [3.63, 3.8) is 0 Å². The summed E-state index contributed by atoms with van der Waals surface area (Å²) in [5.41, 5.74) is 0.421. The average Bonchev–Trinajstić information content (AvgIpc) is 3.17. The third-order valence-electron chi connectivity index (χ3n) is 5.16. The zero-order valence-electron chi connectivity index (χ0n) is 13.9. The first kappa shape index (κ1) is 16.3. The van der Waals surface area contributed by atoms with Crippen LogP contribution < -0.4 is 5.32 Å². The summed E-state index contributed by atoms with van der Waals surface area (Å²) in [7, 11) is 0. The van der Waals surface area contributed by atoms with Crippen molar-refractivity contribution in [2.24, 2.45) is 11.3 Å². The molecule has 1 aliphatic heterocycles. The van der Waals surface area contributed by atoms with Gasteiger partial charge in [-0.15, -0.1) is 0 Å². The predicted molar refractivity (Wildman–Crippen MR) is 84.9 cm³/mol. The van der Waals surface area contributed by atoms with Gasteiger partial charge in [0.2, 0.25) is 0 Å². The Bertz CT molecular complexity index is 312. The number of hydrogen-bond donors (Lipinski definition) is 2. The van der Waals surface area contributed by atoms with Crippen molar-refractivity contribution in [2.75, 3.05) is 26.2 Å². The minimum absolute atomic E-state index is 0.0668. The van der Waals surface area contributed by atoms with Crippen LogP contribution in [0, 0.1) is 11.3 Å². The van der Waals surface area contributed by atoms with Crippen LogP contribution in [0.15, 0.2) is 0 Å². The number of nitrogens with zero attached hydrogens (tertiary/aromatic N) is 1. The van der Waals surface area contributed by atoms with Crippen LogP contribution in [0.5, 0.6) is 0 Å². The quantitative estimate of drug-likeness (QED) is 0.786. The van der Waals surface area contributed by atoms with Gasteiger partial charge in [0.05, 0.1) is 12.1 Å². The third-order valence-corrected chi connectivity index (χ3v) is 5.16. The highest BCUT2D eigenvalue weighted by atomic mass is 16.3. The number of rotatable bonds is 6. The molecule has 1 heterocycles. The van der Waals surface area contributed by atoms with Gasteiger partial charge < -0.3 is 15.3 Å². The first-order valence-corrected chi connectivity index (χ1v) is 8.48. The molecule has 3 nitrogen and oxygen atoms in total. The predicted octanol–water partition coefficient (Wildman–Crippen LogP) is 2.64. The molecule has 0 aromatic carbocycles. The van der Waals surface area contributed by atoms with Gasteiger partial charge in [-0.25, -0.2) is 0 Å². The maximum atomic E-state index is 10.1. The first-order valence-electron chi connectivity index (χ1n) is 8.48. The van der Waals surface area contributed by atoms with E-state index in [1.807, 2.05) is 0 Å². The molecule has 20 heavy (non-hydrogen) atoms. The Hall–Kier alpha value is -0.120. The second kappa shape index (κ2) is 6.33. The van der Waals surface area contributed by atoms with E-state index in [-0.39, 0.29) is 12.1 Å². The average molecular weight is 282 g/mol. The summed E-state index contributed by atoms with van der Waals surface area (Å²) in [6.45, 7) is 12.8. The fourth-order valence-electron chi connectivity index (χ4n) is 3.76. The van der Waals surface area contributed by atoms with Gasteiger partial charge >= 0.3 is 0 Å². The van der Waals surface area contributed by atoms with Crippen LogP contribution in [-0.4, -0.2) is 47.8 Å². The van der Waals surface area contributed by atoms with Crippen molar-refractivity contribution in [3.05, 3.63) is 0 Å². The molecule has 2 rings (SSSR count). The highest BCUT2D eigenvalue weighted by Crippen LogP contribution is 2.41. The number of likely N-dealkylation sites (tertiary alicyclic amines) is 1. The lowest BCUT2D eigenvalue weighted by Gasteiger charge is -2.40. The lowest BCUT2D eigenvalue weighted by atomic mass is 9.85. The molecule has 0 bridgehead atoms. The fraction of sp³-hybridized carbons (Fsp3) is 1.00. The van der Waals surface area contributed by atoms with Crippen LogP contribution in [0.2, 0.25) is 0 Å². The minimum Gasteiger partial charge on any atom is -0.394 e. The topological polar surface area (TPSA) is 35.5 Å². The molecule has 1 atom stereocenters. The van der Waals surface area contributed by atoms with Gasteiger partial charge in [-0.05, 0) is 56.5 Å². The van der Waals surface area contributed by atoms with E-state index >= 15 is 0 Å². The lowest BCUT2D eigenvalue weighted by molar-refractivity contribution is 0.0836. The van der Waals surface area contributed by atoms with Crippen LogP contribution in [0.1, 0.15) is 59.8 Å². The first-order chi connectivity index (χ1) is 9.37. The number of aliphatic hydroxyl groups is 1. The molecule has 2 aliphatic rings. The molecule has 2 N–H and O–H groups in total. The van der Waals surface area contributed by atoms with E-state index in [4.69, 9.17) is 0 Å². The van der Waals surface area contributed by atoms with Crippen molar-refractivity contribution in [1.82, 2.24) is 10.2 Å². The van der Waals surface area contributed by atoms with E-state index in [9.17, 15) is 5.11 Å². The van der Waals surface area contributed by atoms with E-state index in [1.165, 1.54) is 45.2 Å².